The molecule has 1 aliphatic heterocycles. The molecule has 0 aromatic rings. The lowest BCUT2D eigenvalue weighted by Gasteiger charge is -2.27. The highest BCUT2D eigenvalue weighted by Gasteiger charge is 2.34. The first-order chi connectivity index (χ1) is 8.47. The Hall–Kier alpha value is -1.30. The summed E-state index contributed by atoms with van der Waals surface area (Å²) in [4.78, 5) is 24.5. The number of urea groups is 1. The van der Waals surface area contributed by atoms with Crippen LogP contribution < -0.4 is 5.32 Å². The van der Waals surface area contributed by atoms with Gasteiger partial charge in [-0.1, -0.05) is 13.8 Å². The van der Waals surface area contributed by atoms with E-state index in [0.29, 0.717) is 19.6 Å². The lowest BCUT2D eigenvalue weighted by molar-refractivity contribution is -0.141. The topological polar surface area (TPSA) is 78.9 Å². The molecule has 1 unspecified atom stereocenters. The highest BCUT2D eigenvalue weighted by Crippen LogP contribution is 2.17. The van der Waals surface area contributed by atoms with Gasteiger partial charge in [0.1, 0.15) is 6.04 Å². The van der Waals surface area contributed by atoms with Crippen molar-refractivity contribution in [2.75, 3.05) is 20.3 Å². The van der Waals surface area contributed by atoms with Gasteiger partial charge in [-0.2, -0.15) is 0 Å². The van der Waals surface area contributed by atoms with Crippen molar-refractivity contribution in [2.24, 2.45) is 5.92 Å². The van der Waals surface area contributed by atoms with Crippen molar-refractivity contribution in [3.8, 4) is 0 Å². The van der Waals surface area contributed by atoms with E-state index in [1.165, 1.54) is 4.90 Å². The molecule has 1 saturated heterocycles. The summed E-state index contributed by atoms with van der Waals surface area (Å²) in [5.41, 5.74) is 0. The summed E-state index contributed by atoms with van der Waals surface area (Å²) in [6.07, 6.45) is 1.26. The van der Waals surface area contributed by atoms with Gasteiger partial charge in [-0.05, 0) is 18.8 Å². The van der Waals surface area contributed by atoms with E-state index in [1.54, 1.807) is 7.11 Å². The van der Waals surface area contributed by atoms with Crippen molar-refractivity contribution in [1.29, 1.82) is 0 Å². The number of nitrogens with zero attached hydrogens (tertiary/aromatic N) is 1. The molecule has 104 valence electrons. The quantitative estimate of drug-likeness (QED) is 0.768. The van der Waals surface area contributed by atoms with Crippen molar-refractivity contribution < 1.29 is 19.4 Å². The minimum atomic E-state index is -0.935. The highest BCUT2D eigenvalue weighted by atomic mass is 16.5. The molecule has 2 amide bonds. The molecular formula is C12H22N2O4. The summed E-state index contributed by atoms with van der Waals surface area (Å²) in [6.45, 7) is 4.90. The number of hydrogen-bond acceptors (Lipinski definition) is 3. The predicted molar refractivity (Wildman–Crippen MR) is 66.4 cm³/mol. The minimum absolute atomic E-state index is 0.0995. The van der Waals surface area contributed by atoms with Gasteiger partial charge in [-0.3, -0.25) is 0 Å². The number of rotatable bonds is 5. The Balaban J connectivity index is 2.60. The maximum absolute atomic E-state index is 12.0. The average Bonchev–Trinajstić information content (AvgIpc) is 2.77. The Kier molecular flexibility index (Phi) is 5.40. The van der Waals surface area contributed by atoms with Gasteiger partial charge in [-0.25, -0.2) is 9.59 Å². The third-order valence-corrected chi connectivity index (χ3v) is 3.26. The number of carbonyl (C=O) groups is 2. The van der Waals surface area contributed by atoms with E-state index in [1.807, 2.05) is 13.8 Å². The van der Waals surface area contributed by atoms with E-state index in [0.717, 1.165) is 6.42 Å². The molecular weight excluding hydrogens is 236 g/mol. The maximum atomic E-state index is 12.0. The van der Waals surface area contributed by atoms with Crippen LogP contribution in [-0.4, -0.2) is 54.4 Å². The van der Waals surface area contributed by atoms with Gasteiger partial charge in [0.05, 0.1) is 12.6 Å². The summed E-state index contributed by atoms with van der Waals surface area (Å²) in [5.74, 6) is -0.699. The molecule has 0 bridgehead atoms. The number of amides is 2. The van der Waals surface area contributed by atoms with Crippen LogP contribution in [0, 0.1) is 5.92 Å². The predicted octanol–water partition coefficient (Wildman–Crippen LogP) is 0.916. The fourth-order valence-electron chi connectivity index (χ4n) is 2.09. The number of ether oxygens (including phenoxy) is 1. The first kappa shape index (κ1) is 14.8. The maximum Gasteiger partial charge on any atom is 0.326 e. The zero-order valence-electron chi connectivity index (χ0n) is 11.2. The lowest BCUT2D eigenvalue weighted by atomic mass is 10.1. The van der Waals surface area contributed by atoms with E-state index < -0.39 is 12.0 Å². The molecule has 0 aliphatic carbocycles. The van der Waals surface area contributed by atoms with E-state index in [9.17, 15) is 9.59 Å². The molecule has 0 spiro atoms. The number of carboxylic acid groups (broad SMARTS) is 1. The van der Waals surface area contributed by atoms with Crippen LogP contribution >= 0.6 is 0 Å². The number of carbonyl (C=O) groups excluding carboxylic acids is 1. The minimum Gasteiger partial charge on any atom is -0.480 e. The zero-order chi connectivity index (χ0) is 13.7. The van der Waals surface area contributed by atoms with Gasteiger partial charge in [0.15, 0.2) is 0 Å². The van der Waals surface area contributed by atoms with Gasteiger partial charge in [-0.15, -0.1) is 0 Å². The third-order valence-electron chi connectivity index (χ3n) is 3.26. The van der Waals surface area contributed by atoms with Crippen LogP contribution in [0.25, 0.3) is 0 Å². The molecule has 6 heteroatoms. The molecule has 18 heavy (non-hydrogen) atoms. The van der Waals surface area contributed by atoms with Crippen molar-refractivity contribution >= 4 is 12.0 Å². The van der Waals surface area contributed by atoms with Crippen LogP contribution in [0.3, 0.4) is 0 Å². The fourth-order valence-corrected chi connectivity index (χ4v) is 2.09. The molecule has 0 radical (unpaired) electrons. The largest absolute Gasteiger partial charge is 0.480 e. The summed E-state index contributed by atoms with van der Waals surface area (Å²) >= 11 is 0. The van der Waals surface area contributed by atoms with Crippen molar-refractivity contribution in [3.05, 3.63) is 0 Å². The Morgan fingerprint density at radius 1 is 1.50 bits per heavy atom. The van der Waals surface area contributed by atoms with Gasteiger partial charge in [0, 0.05) is 13.7 Å². The Bertz CT molecular complexity index is 306. The van der Waals surface area contributed by atoms with Crippen LogP contribution in [0.4, 0.5) is 4.79 Å². The lowest BCUT2D eigenvalue weighted by Crippen LogP contribution is -2.51. The molecule has 1 fully saturated rings. The molecule has 2 atom stereocenters. The van der Waals surface area contributed by atoms with Gasteiger partial charge >= 0.3 is 12.0 Å². The molecule has 1 heterocycles. The van der Waals surface area contributed by atoms with Crippen molar-refractivity contribution in [2.45, 2.75) is 38.8 Å². The number of methoxy groups -OCH3 is 1. The smallest absolute Gasteiger partial charge is 0.326 e. The Morgan fingerprint density at radius 2 is 2.17 bits per heavy atom. The normalized spacial score (nSPS) is 21.1. The fraction of sp³-hybridized carbons (Fsp3) is 0.833. The van der Waals surface area contributed by atoms with Crippen LogP contribution in [0.2, 0.25) is 0 Å². The molecule has 0 aromatic carbocycles. The third kappa shape index (κ3) is 3.60. The summed E-state index contributed by atoms with van der Waals surface area (Å²) < 4.78 is 5.05. The van der Waals surface area contributed by atoms with E-state index >= 15 is 0 Å². The van der Waals surface area contributed by atoms with E-state index in [4.69, 9.17) is 9.84 Å². The molecule has 1 aliphatic rings. The van der Waals surface area contributed by atoms with E-state index in [-0.39, 0.29) is 18.0 Å². The van der Waals surface area contributed by atoms with Gasteiger partial charge < -0.3 is 20.1 Å². The number of carboxylic acids is 1. The first-order valence-corrected chi connectivity index (χ1v) is 6.26. The van der Waals surface area contributed by atoms with Crippen molar-refractivity contribution in [1.82, 2.24) is 10.2 Å². The van der Waals surface area contributed by atoms with Gasteiger partial charge in [0.2, 0.25) is 0 Å². The number of nitrogens with one attached hydrogen (secondary N) is 1. The summed E-state index contributed by atoms with van der Waals surface area (Å²) in [7, 11) is 1.58. The Morgan fingerprint density at radius 3 is 2.67 bits per heavy atom. The number of hydrogen-bond donors (Lipinski definition) is 2. The molecule has 2 N–H and O–H groups in total. The molecule has 0 aromatic heterocycles. The average molecular weight is 258 g/mol. The second-order valence-corrected chi connectivity index (χ2v) is 4.95. The van der Waals surface area contributed by atoms with Crippen molar-refractivity contribution in [3.63, 3.8) is 0 Å². The highest BCUT2D eigenvalue weighted by molar-refractivity contribution is 5.83. The van der Waals surface area contributed by atoms with Crippen LogP contribution in [0.5, 0.6) is 0 Å². The second kappa shape index (κ2) is 6.58. The summed E-state index contributed by atoms with van der Waals surface area (Å²) in [6, 6.07) is -1.10. The molecule has 6 nitrogen and oxygen atoms in total. The number of aliphatic carboxylic acids is 1. The standard InChI is InChI=1S/C12H22N2O4/c1-8(2)9(7-18-3)13-12(17)14-6-4-5-10(14)11(15)16/h8-10H,4-7H2,1-3H3,(H,13,17)(H,15,16)/t9?,10-/m0/s1. The molecule has 1 rings (SSSR count). The van der Waals surface area contributed by atoms with E-state index in [2.05, 4.69) is 5.32 Å². The van der Waals surface area contributed by atoms with Gasteiger partial charge in [0.25, 0.3) is 0 Å². The van der Waals surface area contributed by atoms with Crippen LogP contribution in [0.1, 0.15) is 26.7 Å². The molecule has 0 saturated carbocycles. The monoisotopic (exact) mass is 258 g/mol. The van der Waals surface area contributed by atoms with Crippen LogP contribution in [0.15, 0.2) is 0 Å². The summed E-state index contributed by atoms with van der Waals surface area (Å²) in [5, 5.41) is 11.9. The van der Waals surface area contributed by atoms with Crippen LogP contribution in [-0.2, 0) is 9.53 Å². The first-order valence-electron chi connectivity index (χ1n) is 6.26. The Labute approximate surface area is 107 Å². The zero-order valence-corrected chi connectivity index (χ0v) is 11.2. The SMILES string of the molecule is COCC(NC(=O)N1CCC[C@H]1C(=O)O)C(C)C. The second-order valence-electron chi connectivity index (χ2n) is 4.95. The number of likely N-dealkylation sites (tertiary alicyclic amines) is 1.